The number of Topliss-reactive ketones (excluding diaryl/α,β-unsaturated/α-hetero) is 2. The number of carboxylic acid groups (broad SMARTS) is 1. The van der Waals surface area contributed by atoms with Gasteiger partial charge in [0.2, 0.25) is 11.8 Å². The van der Waals surface area contributed by atoms with Crippen LogP contribution in [0.3, 0.4) is 0 Å². The summed E-state index contributed by atoms with van der Waals surface area (Å²) in [7, 11) is 0. The second-order valence-corrected chi connectivity index (χ2v) is 25.4. The van der Waals surface area contributed by atoms with Crippen molar-refractivity contribution in [3.8, 4) is 0 Å². The maximum atomic E-state index is 14.3. The summed E-state index contributed by atoms with van der Waals surface area (Å²) < 4.78 is 10.6. The minimum atomic E-state index is -1.02. The van der Waals surface area contributed by atoms with E-state index in [2.05, 4.69) is 39.4 Å². The van der Waals surface area contributed by atoms with Gasteiger partial charge in [-0.15, -0.1) is 0 Å². The maximum Gasteiger partial charge on any atom is 0.407 e. The van der Waals surface area contributed by atoms with E-state index in [4.69, 9.17) is 61.6 Å². The number of amides is 3. The second kappa shape index (κ2) is 31.9. The van der Waals surface area contributed by atoms with Crippen molar-refractivity contribution in [2.45, 2.75) is 184 Å². The van der Waals surface area contributed by atoms with Gasteiger partial charge in [-0.1, -0.05) is 119 Å². The van der Waals surface area contributed by atoms with Crippen molar-refractivity contribution in [2.24, 2.45) is 5.73 Å². The predicted molar refractivity (Wildman–Crippen MR) is 331 cm³/mol. The van der Waals surface area contributed by atoms with Crippen LogP contribution in [0.15, 0.2) is 97.1 Å². The first-order chi connectivity index (χ1) is 40.6. The molecule has 0 radical (unpaired) electrons. The van der Waals surface area contributed by atoms with E-state index in [1.807, 2.05) is 42.5 Å². The lowest BCUT2D eigenvalue weighted by atomic mass is 9.97. The van der Waals surface area contributed by atoms with Gasteiger partial charge in [-0.2, -0.15) is 0 Å². The normalized spacial score (nSPS) is 21.6. The first-order valence-electron chi connectivity index (χ1n) is 29.8. The molecule has 8 rings (SSSR count). The molecule has 460 valence electrons. The molecule has 0 spiro atoms. The summed E-state index contributed by atoms with van der Waals surface area (Å²) in [4.78, 5) is 100.0. The molecule has 0 aliphatic carbocycles. The zero-order valence-electron chi connectivity index (χ0n) is 49.2. The van der Waals surface area contributed by atoms with Crippen molar-refractivity contribution in [3.63, 3.8) is 0 Å². The van der Waals surface area contributed by atoms with E-state index in [-0.39, 0.29) is 105 Å². The monoisotopic (exact) mass is 1250 g/mol. The third-order valence-electron chi connectivity index (χ3n) is 16.5. The van der Waals surface area contributed by atoms with Crippen molar-refractivity contribution in [3.05, 3.63) is 139 Å². The highest BCUT2D eigenvalue weighted by Crippen LogP contribution is 2.34. The molecule has 3 amide bonds. The Balaban J connectivity index is 0.000000245. The Morgan fingerprint density at radius 3 is 1.55 bits per heavy atom. The number of carboxylic acids is 1. The molecule has 0 bridgehead atoms. The second-order valence-electron chi connectivity index (χ2n) is 23.7. The van der Waals surface area contributed by atoms with Gasteiger partial charge in [0.1, 0.15) is 5.60 Å². The molecule has 4 fully saturated rings. The Labute approximate surface area is 520 Å². The molecular formula is C65H82Cl4N6O10. The van der Waals surface area contributed by atoms with E-state index in [1.54, 1.807) is 67.8 Å². The highest BCUT2D eigenvalue weighted by atomic mass is 35.5. The molecule has 20 heteroatoms. The number of aryl methyl sites for hydroxylation is 4. The first-order valence-corrected chi connectivity index (χ1v) is 31.3. The van der Waals surface area contributed by atoms with Crippen LogP contribution in [0.25, 0.3) is 0 Å². The fourth-order valence-electron chi connectivity index (χ4n) is 12.3. The minimum absolute atomic E-state index is 0.0287. The van der Waals surface area contributed by atoms with Crippen molar-refractivity contribution in [2.75, 3.05) is 32.8 Å². The van der Waals surface area contributed by atoms with E-state index in [0.717, 1.165) is 43.2 Å². The van der Waals surface area contributed by atoms with E-state index in [1.165, 1.54) is 11.1 Å². The molecule has 4 N–H and O–H groups in total. The molecule has 4 aromatic carbocycles. The van der Waals surface area contributed by atoms with E-state index < -0.39 is 35.8 Å². The summed E-state index contributed by atoms with van der Waals surface area (Å²) in [6, 6.07) is 28.3. The van der Waals surface area contributed by atoms with Crippen molar-refractivity contribution < 1.29 is 48.1 Å². The summed E-state index contributed by atoms with van der Waals surface area (Å²) in [5.41, 5.74) is 9.89. The van der Waals surface area contributed by atoms with Crippen LogP contribution in [-0.4, -0.2) is 153 Å². The minimum Gasteiger partial charge on any atom is -0.481 e. The zero-order valence-corrected chi connectivity index (χ0v) is 52.2. The molecular weight excluding hydrogens is 1170 g/mol. The van der Waals surface area contributed by atoms with Crippen LogP contribution in [0.5, 0.6) is 0 Å². The third-order valence-corrected chi connectivity index (χ3v) is 18.0. The smallest absolute Gasteiger partial charge is 0.407 e. The van der Waals surface area contributed by atoms with Gasteiger partial charge in [0.25, 0.3) is 0 Å². The lowest BCUT2D eigenvalue weighted by Crippen LogP contribution is -2.50. The molecule has 4 heterocycles. The summed E-state index contributed by atoms with van der Waals surface area (Å²) >= 11 is 24.4. The van der Waals surface area contributed by atoms with Crippen LogP contribution in [0, 0.1) is 0 Å². The Kier molecular flexibility index (Phi) is 25.1. The van der Waals surface area contributed by atoms with Crippen LogP contribution >= 0.6 is 46.4 Å². The molecule has 0 aromatic heterocycles. The van der Waals surface area contributed by atoms with Crippen LogP contribution in [0.1, 0.15) is 127 Å². The first kappa shape index (κ1) is 66.9. The van der Waals surface area contributed by atoms with Gasteiger partial charge in [0.05, 0.1) is 50.9 Å². The number of alkyl carbamates (subject to hydrolysis) is 1. The largest absolute Gasteiger partial charge is 0.481 e. The lowest BCUT2D eigenvalue weighted by Gasteiger charge is -2.32. The summed E-state index contributed by atoms with van der Waals surface area (Å²) in [6.07, 6.45) is 6.52. The van der Waals surface area contributed by atoms with E-state index in [0.29, 0.717) is 78.4 Å². The fourth-order valence-corrected chi connectivity index (χ4v) is 13.0. The highest BCUT2D eigenvalue weighted by molar-refractivity contribution is 6.42. The number of ether oxygens (including phenoxy) is 2. The molecule has 4 aliphatic rings. The number of fused-ring (bicyclic) bond motifs is 2. The number of rotatable bonds is 24. The third kappa shape index (κ3) is 19.7. The number of carbonyl (C=O) groups excluding carboxylic acids is 6. The van der Waals surface area contributed by atoms with Gasteiger partial charge in [-0.3, -0.25) is 38.6 Å². The van der Waals surface area contributed by atoms with Gasteiger partial charge in [-0.25, -0.2) is 4.79 Å². The van der Waals surface area contributed by atoms with Gasteiger partial charge in [0.15, 0.2) is 11.6 Å². The summed E-state index contributed by atoms with van der Waals surface area (Å²) in [5.74, 6) is -1.91. The molecule has 4 aliphatic heterocycles. The molecule has 16 nitrogen and oxygen atoms in total. The van der Waals surface area contributed by atoms with Crippen molar-refractivity contribution in [1.29, 1.82) is 0 Å². The Bertz CT molecular complexity index is 2930. The lowest BCUT2D eigenvalue weighted by molar-refractivity contribution is -0.146. The standard InChI is InChI=1S/C34H43Cl2N3O6.C31H39Cl2N3O4/c1-34(2,3)45-33(44)37-24-20-29-32(43)38(18-17-25(39(29)21-24)12-9-22-7-5-4-6-8-22)28(14-16-31(41)42)30(40)15-11-23-10-13-26(35)27(36)19-23;1-2-40-30(38)15-13-27(29(37)14-10-22-9-12-25(32)26(33)18-22)35-17-16-24(11-8-21-6-4-3-5-7-21)36-20-23(34)19-28(36)31(35)39/h4-8,10,13,19,24-25,28-29H,9,11-12,14-18,20-21H2,1-3H3,(H,37,44)(H,41,42);3-7,9,12,18,23-24,27-28H,2,8,10-11,13-17,19-20,34H2,1H3/t24-,25?,28-,29+;23-,24?,27-,28+/m11/s1. The Morgan fingerprint density at radius 1 is 0.624 bits per heavy atom. The number of carbonyl (C=O) groups is 7. The Morgan fingerprint density at radius 2 is 1.09 bits per heavy atom. The van der Waals surface area contributed by atoms with Crippen molar-refractivity contribution >= 4 is 87.8 Å². The van der Waals surface area contributed by atoms with Crippen LogP contribution in [0.2, 0.25) is 20.1 Å². The number of hydrogen-bond acceptors (Lipinski definition) is 12. The topological polar surface area (TPSA) is 209 Å². The molecule has 8 atom stereocenters. The van der Waals surface area contributed by atoms with E-state index in [9.17, 15) is 38.7 Å². The molecule has 4 aromatic rings. The average molecular weight is 1250 g/mol. The zero-order chi connectivity index (χ0) is 61.4. The van der Waals surface area contributed by atoms with E-state index >= 15 is 0 Å². The number of halogens is 4. The van der Waals surface area contributed by atoms with Gasteiger partial charge in [-0.05, 0) is 151 Å². The van der Waals surface area contributed by atoms with Gasteiger partial charge >= 0.3 is 18.0 Å². The quantitative estimate of drug-likeness (QED) is 0.0559. The predicted octanol–water partition coefficient (Wildman–Crippen LogP) is 10.8. The number of nitrogens with one attached hydrogen (secondary N) is 1. The molecule has 0 saturated carbocycles. The van der Waals surface area contributed by atoms with Gasteiger partial charge < -0.3 is 35.4 Å². The number of esters is 1. The number of aliphatic carboxylic acids is 1. The van der Waals surface area contributed by atoms with Crippen LogP contribution < -0.4 is 11.1 Å². The number of nitrogens with zero attached hydrogens (tertiary/aromatic N) is 4. The fraction of sp³-hybridized carbons (Fsp3) is 0.523. The summed E-state index contributed by atoms with van der Waals surface area (Å²) in [5, 5.41) is 14.1. The van der Waals surface area contributed by atoms with Crippen LogP contribution in [-0.2, 0) is 63.9 Å². The van der Waals surface area contributed by atoms with Crippen molar-refractivity contribution in [1.82, 2.24) is 24.9 Å². The number of benzene rings is 4. The van der Waals surface area contributed by atoms with Gasteiger partial charge in [0, 0.05) is 76.0 Å². The molecule has 2 unspecified atom stereocenters. The highest BCUT2D eigenvalue weighted by Gasteiger charge is 2.48. The average Bonchev–Trinajstić information content (AvgIpc) is 3.31. The SMILES string of the molecule is CC(C)(C)OC(=O)N[C@@H]1C[C@H]2C(=O)N([C@H](CCC(=O)O)C(=O)CCc3ccc(Cl)c(Cl)c3)CCC(CCc3ccccc3)N2C1.CCOC(=O)CC[C@H](C(=O)CCc1ccc(Cl)c(Cl)c1)N1CCC(CCc2ccccc2)N2C[C@H](N)C[C@H]2C1=O. The maximum absolute atomic E-state index is 14.3. The summed E-state index contributed by atoms with van der Waals surface area (Å²) in [6.45, 7) is 9.38. The number of nitrogens with two attached hydrogens (primary N) is 1. The molecule has 4 saturated heterocycles. The van der Waals surface area contributed by atoms with Crippen LogP contribution in [0.4, 0.5) is 4.79 Å². The number of hydrogen-bond donors (Lipinski definition) is 3. The number of ketones is 2. The Hall–Kier alpha value is -5.59. The molecule has 85 heavy (non-hydrogen) atoms.